The molecular weight excluding hydrogens is 216 g/mol. The van der Waals surface area contributed by atoms with Gasteiger partial charge in [-0.25, -0.2) is 0 Å². The molecule has 0 bridgehead atoms. The molecule has 1 aromatic carbocycles. The second-order valence-corrected chi connectivity index (χ2v) is 4.12. The van der Waals surface area contributed by atoms with Gasteiger partial charge in [-0.05, 0) is 37.5 Å². The monoisotopic (exact) mass is 236 g/mol. The van der Waals surface area contributed by atoms with Crippen molar-refractivity contribution in [1.82, 2.24) is 5.32 Å². The van der Waals surface area contributed by atoms with Crippen molar-refractivity contribution >= 4 is 5.91 Å². The van der Waals surface area contributed by atoms with E-state index in [-0.39, 0.29) is 18.6 Å². The second-order valence-electron chi connectivity index (χ2n) is 4.12. The van der Waals surface area contributed by atoms with E-state index in [0.717, 1.165) is 12.8 Å². The summed E-state index contributed by atoms with van der Waals surface area (Å²) in [5.74, 6) is 0.573. The topological polar surface area (TPSA) is 64.3 Å². The Morgan fingerprint density at radius 1 is 1.41 bits per heavy atom. The molecule has 0 fully saturated rings. The Bertz CT molecular complexity index is 347. The van der Waals surface area contributed by atoms with Crippen LogP contribution in [0, 0.1) is 0 Å². The number of hydrogen-bond acceptors (Lipinski definition) is 3. The van der Waals surface area contributed by atoms with Gasteiger partial charge in [0.25, 0.3) is 5.91 Å². The molecule has 1 rings (SSSR count). The third kappa shape index (κ3) is 5.36. The lowest BCUT2D eigenvalue weighted by Crippen LogP contribution is -2.24. The van der Waals surface area contributed by atoms with Gasteiger partial charge in [-0.15, -0.1) is 0 Å². The zero-order chi connectivity index (χ0) is 12.7. The number of carbonyl (C=O) groups is 1. The minimum Gasteiger partial charge on any atom is -0.484 e. The average molecular weight is 236 g/mol. The normalized spacial score (nSPS) is 11.9. The molecule has 4 nitrogen and oxygen atoms in total. The van der Waals surface area contributed by atoms with Crippen LogP contribution in [0.5, 0.6) is 5.75 Å². The van der Waals surface area contributed by atoms with Gasteiger partial charge in [0.05, 0.1) is 0 Å². The summed E-state index contributed by atoms with van der Waals surface area (Å²) in [6, 6.07) is 7.97. The van der Waals surface area contributed by atoms with Crippen LogP contribution in [0.3, 0.4) is 0 Å². The molecule has 94 valence electrons. The highest BCUT2D eigenvalue weighted by molar-refractivity contribution is 5.77. The molecule has 17 heavy (non-hydrogen) atoms. The first kappa shape index (κ1) is 13.5. The number of nitrogens with two attached hydrogens (primary N) is 1. The number of benzene rings is 1. The Kier molecular flexibility index (Phi) is 5.49. The van der Waals surface area contributed by atoms with Gasteiger partial charge >= 0.3 is 0 Å². The predicted octanol–water partition coefficient (Wildman–Crippen LogP) is 1.09. The number of carbonyl (C=O) groups excluding carboxylic acids is 1. The zero-order valence-corrected chi connectivity index (χ0v) is 10.4. The minimum absolute atomic E-state index is 0.0513. The van der Waals surface area contributed by atoms with E-state index in [1.54, 1.807) is 7.05 Å². The van der Waals surface area contributed by atoms with E-state index in [4.69, 9.17) is 10.5 Å². The lowest BCUT2D eigenvalue weighted by Gasteiger charge is -2.07. The summed E-state index contributed by atoms with van der Waals surface area (Å²) in [6.07, 6.45) is 1.94. The number of hydrogen-bond donors (Lipinski definition) is 2. The molecule has 0 heterocycles. The van der Waals surface area contributed by atoms with E-state index in [0.29, 0.717) is 5.75 Å². The van der Waals surface area contributed by atoms with Gasteiger partial charge in [-0.3, -0.25) is 4.79 Å². The highest BCUT2D eigenvalue weighted by Gasteiger charge is 2.01. The highest BCUT2D eigenvalue weighted by atomic mass is 16.5. The molecule has 0 saturated carbocycles. The van der Waals surface area contributed by atoms with Crippen LogP contribution in [0.1, 0.15) is 18.9 Å². The van der Waals surface area contributed by atoms with Crippen LogP contribution in [0.2, 0.25) is 0 Å². The van der Waals surface area contributed by atoms with Crippen LogP contribution < -0.4 is 15.8 Å². The first-order valence-corrected chi connectivity index (χ1v) is 5.79. The summed E-state index contributed by atoms with van der Waals surface area (Å²) in [6.45, 7) is 2.05. The molecule has 0 radical (unpaired) electrons. The maximum Gasteiger partial charge on any atom is 0.257 e. The van der Waals surface area contributed by atoms with E-state index in [2.05, 4.69) is 5.32 Å². The van der Waals surface area contributed by atoms with Crippen molar-refractivity contribution in [3.05, 3.63) is 29.8 Å². The number of aryl methyl sites for hydroxylation is 1. The summed E-state index contributed by atoms with van der Waals surface area (Å²) in [7, 11) is 1.59. The van der Waals surface area contributed by atoms with E-state index < -0.39 is 0 Å². The number of nitrogens with one attached hydrogen (secondary N) is 1. The van der Waals surface area contributed by atoms with Crippen molar-refractivity contribution in [2.24, 2.45) is 5.73 Å². The molecule has 1 atom stereocenters. The fourth-order valence-corrected chi connectivity index (χ4v) is 1.37. The van der Waals surface area contributed by atoms with Gasteiger partial charge in [-0.1, -0.05) is 12.1 Å². The first-order chi connectivity index (χ1) is 8.11. The molecular formula is C13H20N2O2. The molecule has 1 amide bonds. The molecule has 0 aliphatic carbocycles. The van der Waals surface area contributed by atoms with Crippen LogP contribution in [-0.2, 0) is 11.2 Å². The maximum atomic E-state index is 11.0. The fourth-order valence-electron chi connectivity index (χ4n) is 1.37. The minimum atomic E-state index is -0.133. The maximum absolute atomic E-state index is 11.0. The number of ether oxygens (including phenoxy) is 1. The van der Waals surface area contributed by atoms with Crippen molar-refractivity contribution in [1.29, 1.82) is 0 Å². The Morgan fingerprint density at radius 3 is 2.59 bits per heavy atom. The van der Waals surface area contributed by atoms with Crippen molar-refractivity contribution in [2.75, 3.05) is 13.7 Å². The van der Waals surface area contributed by atoms with Gasteiger partial charge in [0.1, 0.15) is 5.75 Å². The Morgan fingerprint density at radius 2 is 2.06 bits per heavy atom. The number of likely N-dealkylation sites (N-methyl/N-ethyl adjacent to an activating group) is 1. The van der Waals surface area contributed by atoms with Crippen molar-refractivity contribution in [2.45, 2.75) is 25.8 Å². The third-order valence-electron chi connectivity index (χ3n) is 2.46. The molecule has 0 aliphatic heterocycles. The highest BCUT2D eigenvalue weighted by Crippen LogP contribution is 2.13. The summed E-state index contributed by atoms with van der Waals surface area (Å²) in [5, 5.41) is 2.50. The van der Waals surface area contributed by atoms with Gasteiger partial charge < -0.3 is 15.8 Å². The molecule has 1 aromatic rings. The van der Waals surface area contributed by atoms with Crippen molar-refractivity contribution in [3.63, 3.8) is 0 Å². The average Bonchev–Trinajstić information content (AvgIpc) is 2.34. The quantitative estimate of drug-likeness (QED) is 0.777. The van der Waals surface area contributed by atoms with Crippen LogP contribution >= 0.6 is 0 Å². The molecule has 0 aliphatic rings. The van der Waals surface area contributed by atoms with Crippen LogP contribution in [0.25, 0.3) is 0 Å². The van der Waals surface area contributed by atoms with Crippen LogP contribution in [-0.4, -0.2) is 25.6 Å². The molecule has 3 N–H and O–H groups in total. The van der Waals surface area contributed by atoms with E-state index >= 15 is 0 Å². The number of amides is 1. The SMILES string of the molecule is CNC(=O)COc1ccc(CCC(C)N)cc1. The second kappa shape index (κ2) is 6.91. The van der Waals surface area contributed by atoms with Gasteiger partial charge in [0.15, 0.2) is 6.61 Å². The molecule has 0 saturated heterocycles. The summed E-state index contributed by atoms with van der Waals surface area (Å²) < 4.78 is 5.30. The smallest absolute Gasteiger partial charge is 0.257 e. The van der Waals surface area contributed by atoms with Crippen molar-refractivity contribution < 1.29 is 9.53 Å². The van der Waals surface area contributed by atoms with E-state index in [1.807, 2.05) is 31.2 Å². The lowest BCUT2D eigenvalue weighted by molar-refractivity contribution is -0.122. The third-order valence-corrected chi connectivity index (χ3v) is 2.46. The zero-order valence-electron chi connectivity index (χ0n) is 10.4. The lowest BCUT2D eigenvalue weighted by atomic mass is 10.1. The first-order valence-electron chi connectivity index (χ1n) is 5.79. The summed E-state index contributed by atoms with van der Waals surface area (Å²) >= 11 is 0. The molecule has 4 heteroatoms. The van der Waals surface area contributed by atoms with E-state index in [9.17, 15) is 4.79 Å². The molecule has 1 unspecified atom stereocenters. The van der Waals surface area contributed by atoms with Gasteiger partial charge in [0.2, 0.25) is 0 Å². The molecule has 0 aromatic heterocycles. The summed E-state index contributed by atoms with van der Waals surface area (Å²) in [5.41, 5.74) is 6.93. The predicted molar refractivity (Wildman–Crippen MR) is 68.0 cm³/mol. The van der Waals surface area contributed by atoms with Gasteiger partial charge in [0, 0.05) is 13.1 Å². The largest absolute Gasteiger partial charge is 0.484 e. The molecule has 0 spiro atoms. The number of rotatable bonds is 6. The van der Waals surface area contributed by atoms with Gasteiger partial charge in [-0.2, -0.15) is 0 Å². The Balaban J connectivity index is 2.42. The Hall–Kier alpha value is -1.55. The van der Waals surface area contributed by atoms with Crippen LogP contribution in [0.4, 0.5) is 0 Å². The Labute approximate surface area is 102 Å². The van der Waals surface area contributed by atoms with Crippen LogP contribution in [0.15, 0.2) is 24.3 Å². The van der Waals surface area contributed by atoms with E-state index in [1.165, 1.54) is 5.56 Å². The summed E-state index contributed by atoms with van der Waals surface area (Å²) in [4.78, 5) is 11.0. The van der Waals surface area contributed by atoms with Crippen molar-refractivity contribution in [3.8, 4) is 5.75 Å². The fraction of sp³-hybridized carbons (Fsp3) is 0.462. The standard InChI is InChI=1S/C13H20N2O2/c1-10(14)3-4-11-5-7-12(8-6-11)17-9-13(16)15-2/h5-8,10H,3-4,9,14H2,1-2H3,(H,15,16).